The molecule has 1 saturated carbocycles. The first-order valence-electron chi connectivity index (χ1n) is 5.01. The van der Waals surface area contributed by atoms with E-state index in [-0.39, 0.29) is 5.60 Å². The number of carbonyl (C=O) groups is 1. The largest absolute Gasteiger partial charge is 0.443 e. The average Bonchev–Trinajstić information content (AvgIpc) is 2.04. The third-order valence-corrected chi connectivity index (χ3v) is 2.95. The lowest BCUT2D eigenvalue weighted by Gasteiger charge is -2.35. The monoisotopic (exact) mass is 185 g/mol. The summed E-state index contributed by atoms with van der Waals surface area (Å²) >= 11 is 0. The fourth-order valence-electron chi connectivity index (χ4n) is 2.14. The van der Waals surface area contributed by atoms with Gasteiger partial charge in [-0.15, -0.1) is 0 Å². The Morgan fingerprint density at radius 3 is 2.31 bits per heavy atom. The van der Waals surface area contributed by atoms with E-state index in [0.29, 0.717) is 5.92 Å². The maximum absolute atomic E-state index is 10.7. The van der Waals surface area contributed by atoms with Gasteiger partial charge < -0.3 is 10.5 Å². The van der Waals surface area contributed by atoms with Gasteiger partial charge in [0, 0.05) is 0 Å². The molecule has 0 aromatic rings. The van der Waals surface area contributed by atoms with Gasteiger partial charge in [0.25, 0.3) is 0 Å². The predicted molar refractivity (Wildman–Crippen MR) is 51.3 cm³/mol. The number of hydrogen-bond donors (Lipinski definition) is 1. The van der Waals surface area contributed by atoms with Crippen LogP contribution in [0.1, 0.15) is 46.0 Å². The minimum Gasteiger partial charge on any atom is -0.443 e. The zero-order chi connectivity index (χ0) is 9.90. The van der Waals surface area contributed by atoms with Crippen molar-refractivity contribution in [2.24, 2.45) is 11.7 Å². The highest BCUT2D eigenvalue weighted by Crippen LogP contribution is 2.34. The van der Waals surface area contributed by atoms with E-state index in [0.717, 1.165) is 12.8 Å². The molecule has 1 amide bonds. The maximum atomic E-state index is 10.7. The lowest BCUT2D eigenvalue weighted by Crippen LogP contribution is -2.39. The Balaban J connectivity index is 2.50. The number of ether oxygens (including phenoxy) is 1. The first-order chi connectivity index (χ1) is 6.02. The van der Waals surface area contributed by atoms with Gasteiger partial charge in [0.1, 0.15) is 5.60 Å². The fraction of sp³-hybridized carbons (Fsp3) is 0.900. The molecule has 0 atom stereocenters. The van der Waals surface area contributed by atoms with Gasteiger partial charge in [-0.3, -0.25) is 0 Å². The SMILES string of the molecule is CC(C)(OC(N)=O)C1CCCCC1. The van der Waals surface area contributed by atoms with Crippen LogP contribution in [-0.2, 0) is 4.74 Å². The van der Waals surface area contributed by atoms with Gasteiger partial charge in [-0.25, -0.2) is 4.79 Å². The molecule has 2 N–H and O–H groups in total. The molecule has 3 nitrogen and oxygen atoms in total. The van der Waals surface area contributed by atoms with Crippen LogP contribution >= 0.6 is 0 Å². The third kappa shape index (κ3) is 2.90. The number of nitrogens with two attached hydrogens (primary N) is 1. The molecule has 0 radical (unpaired) electrons. The Morgan fingerprint density at radius 2 is 1.85 bits per heavy atom. The van der Waals surface area contributed by atoms with Gasteiger partial charge in [-0.1, -0.05) is 19.3 Å². The summed E-state index contributed by atoms with van der Waals surface area (Å²) in [5.74, 6) is 0.480. The van der Waals surface area contributed by atoms with Crippen molar-refractivity contribution >= 4 is 6.09 Å². The summed E-state index contributed by atoms with van der Waals surface area (Å²) in [7, 11) is 0. The minimum absolute atomic E-state index is 0.383. The van der Waals surface area contributed by atoms with E-state index in [1.165, 1.54) is 19.3 Å². The zero-order valence-electron chi connectivity index (χ0n) is 8.51. The van der Waals surface area contributed by atoms with E-state index in [4.69, 9.17) is 10.5 Å². The molecule has 0 aromatic carbocycles. The smallest absolute Gasteiger partial charge is 0.405 e. The number of rotatable bonds is 2. The lowest BCUT2D eigenvalue weighted by atomic mass is 9.79. The molecule has 1 aliphatic rings. The highest BCUT2D eigenvalue weighted by atomic mass is 16.6. The Morgan fingerprint density at radius 1 is 1.31 bits per heavy atom. The van der Waals surface area contributed by atoms with Crippen molar-refractivity contribution in [1.82, 2.24) is 0 Å². The van der Waals surface area contributed by atoms with Crippen molar-refractivity contribution < 1.29 is 9.53 Å². The Hall–Kier alpha value is -0.730. The zero-order valence-corrected chi connectivity index (χ0v) is 8.51. The second kappa shape index (κ2) is 3.99. The van der Waals surface area contributed by atoms with Crippen molar-refractivity contribution in [3.8, 4) is 0 Å². The summed E-state index contributed by atoms with van der Waals surface area (Å²) in [5, 5.41) is 0. The summed E-state index contributed by atoms with van der Waals surface area (Å²) < 4.78 is 5.12. The average molecular weight is 185 g/mol. The predicted octanol–water partition coefficient (Wildman–Crippen LogP) is 2.44. The normalized spacial score (nSPS) is 19.8. The van der Waals surface area contributed by atoms with Gasteiger partial charge in [-0.2, -0.15) is 0 Å². The van der Waals surface area contributed by atoms with E-state index in [1.807, 2.05) is 13.8 Å². The topological polar surface area (TPSA) is 52.3 Å². The van der Waals surface area contributed by atoms with Crippen LogP contribution in [0.15, 0.2) is 0 Å². The van der Waals surface area contributed by atoms with Crippen LogP contribution in [0, 0.1) is 5.92 Å². The standard InChI is InChI=1S/C10H19NO2/c1-10(2,13-9(11)12)8-6-4-3-5-7-8/h8H,3-7H2,1-2H3,(H2,11,12). The number of carbonyl (C=O) groups excluding carboxylic acids is 1. The van der Waals surface area contributed by atoms with Gasteiger partial charge in [0.15, 0.2) is 0 Å². The van der Waals surface area contributed by atoms with Crippen LogP contribution < -0.4 is 5.73 Å². The highest BCUT2D eigenvalue weighted by Gasteiger charge is 2.33. The van der Waals surface area contributed by atoms with E-state index < -0.39 is 6.09 Å². The van der Waals surface area contributed by atoms with Crippen LogP contribution in [0.3, 0.4) is 0 Å². The lowest BCUT2D eigenvalue weighted by molar-refractivity contribution is -0.0140. The summed E-state index contributed by atoms with van der Waals surface area (Å²) in [4.78, 5) is 10.7. The first kappa shape index (κ1) is 10.4. The molecule has 1 rings (SSSR count). The quantitative estimate of drug-likeness (QED) is 0.718. The summed E-state index contributed by atoms with van der Waals surface area (Å²) in [6.07, 6.45) is 5.45. The second-order valence-electron chi connectivity index (χ2n) is 4.36. The first-order valence-corrected chi connectivity index (χ1v) is 5.01. The number of hydrogen-bond acceptors (Lipinski definition) is 2. The molecular formula is C10H19NO2. The van der Waals surface area contributed by atoms with Crippen molar-refractivity contribution in [2.45, 2.75) is 51.6 Å². The summed E-state index contributed by atoms with van der Waals surface area (Å²) in [6.45, 7) is 3.90. The summed E-state index contributed by atoms with van der Waals surface area (Å²) in [6, 6.07) is 0. The number of amides is 1. The van der Waals surface area contributed by atoms with Gasteiger partial charge in [-0.05, 0) is 32.6 Å². The fourth-order valence-corrected chi connectivity index (χ4v) is 2.14. The number of primary amides is 1. The molecule has 0 aromatic heterocycles. The van der Waals surface area contributed by atoms with Crippen molar-refractivity contribution in [3.63, 3.8) is 0 Å². The van der Waals surface area contributed by atoms with Gasteiger partial charge >= 0.3 is 6.09 Å². The second-order valence-corrected chi connectivity index (χ2v) is 4.36. The van der Waals surface area contributed by atoms with Crippen molar-refractivity contribution in [2.75, 3.05) is 0 Å². The molecule has 3 heteroatoms. The van der Waals surface area contributed by atoms with E-state index in [1.54, 1.807) is 0 Å². The molecule has 76 valence electrons. The Bertz CT molecular complexity index is 183. The van der Waals surface area contributed by atoms with Crippen LogP contribution in [-0.4, -0.2) is 11.7 Å². The van der Waals surface area contributed by atoms with Gasteiger partial charge in [0.05, 0.1) is 0 Å². The Kier molecular flexibility index (Phi) is 3.17. The molecule has 1 aliphatic carbocycles. The molecule has 0 spiro atoms. The van der Waals surface area contributed by atoms with Crippen molar-refractivity contribution in [1.29, 1.82) is 0 Å². The molecule has 0 heterocycles. The molecule has 13 heavy (non-hydrogen) atoms. The molecule has 0 bridgehead atoms. The van der Waals surface area contributed by atoms with Crippen molar-refractivity contribution in [3.05, 3.63) is 0 Å². The van der Waals surface area contributed by atoms with Crippen LogP contribution in [0.4, 0.5) is 4.79 Å². The molecule has 0 aliphatic heterocycles. The molecule has 0 unspecified atom stereocenters. The Labute approximate surface area is 79.6 Å². The van der Waals surface area contributed by atoms with Gasteiger partial charge in [0.2, 0.25) is 0 Å². The third-order valence-electron chi connectivity index (χ3n) is 2.95. The summed E-state index contributed by atoms with van der Waals surface area (Å²) in [5.41, 5.74) is 4.64. The highest BCUT2D eigenvalue weighted by molar-refractivity contribution is 5.65. The molecule has 1 fully saturated rings. The van der Waals surface area contributed by atoms with E-state index >= 15 is 0 Å². The maximum Gasteiger partial charge on any atom is 0.405 e. The molecular weight excluding hydrogens is 166 g/mol. The minimum atomic E-state index is -0.657. The molecule has 0 saturated heterocycles. The van der Waals surface area contributed by atoms with E-state index in [9.17, 15) is 4.79 Å². The van der Waals surface area contributed by atoms with Crippen LogP contribution in [0.2, 0.25) is 0 Å². The van der Waals surface area contributed by atoms with Crippen LogP contribution in [0.5, 0.6) is 0 Å². The van der Waals surface area contributed by atoms with E-state index in [2.05, 4.69) is 0 Å². The van der Waals surface area contributed by atoms with Crippen LogP contribution in [0.25, 0.3) is 0 Å².